The molecule has 1 heterocycles. The zero-order valence-electron chi connectivity index (χ0n) is 16.6. The van der Waals surface area contributed by atoms with Crippen molar-refractivity contribution >= 4 is 21.6 Å². The van der Waals surface area contributed by atoms with Crippen molar-refractivity contribution < 1.29 is 22.6 Å². The van der Waals surface area contributed by atoms with Gasteiger partial charge in [-0.2, -0.15) is 4.31 Å². The summed E-state index contributed by atoms with van der Waals surface area (Å²) in [5.74, 6) is 0.927. The van der Waals surface area contributed by atoms with Crippen molar-refractivity contribution in [3.63, 3.8) is 0 Å². The van der Waals surface area contributed by atoms with Gasteiger partial charge in [-0.15, -0.1) is 0 Å². The van der Waals surface area contributed by atoms with Gasteiger partial charge in [0.1, 0.15) is 22.5 Å². The second-order valence-electron chi connectivity index (χ2n) is 6.87. The summed E-state index contributed by atoms with van der Waals surface area (Å²) in [4.78, 5) is 0.0657. The smallest absolute Gasteiger partial charge is 0.247 e. The number of hydrogen-bond donors (Lipinski definition) is 0. The Morgan fingerprint density at radius 1 is 1.24 bits per heavy atom. The third kappa shape index (κ3) is 5.22. The molecule has 1 atom stereocenters. The lowest BCUT2D eigenvalue weighted by atomic mass is 10.2. The number of ether oxygens (including phenoxy) is 3. The first-order valence-corrected chi connectivity index (χ1v) is 11.4. The van der Waals surface area contributed by atoms with E-state index in [4.69, 9.17) is 25.8 Å². The molecule has 3 rings (SSSR count). The SMILES string of the molecule is CCCCOCC1CN(Cc2ccccc2OC)S(=O)(=O)c2cc(Cl)ccc2O1. The molecule has 0 N–H and O–H groups in total. The average Bonchev–Trinajstić information content (AvgIpc) is 2.81. The van der Waals surface area contributed by atoms with Gasteiger partial charge in [0, 0.05) is 23.7 Å². The Bertz CT molecular complexity index is 934. The van der Waals surface area contributed by atoms with Crippen LogP contribution in [0.4, 0.5) is 0 Å². The molecule has 0 fully saturated rings. The molecular formula is C21H26ClNO5S. The Kier molecular flexibility index (Phi) is 7.40. The van der Waals surface area contributed by atoms with Crippen molar-refractivity contribution in [1.29, 1.82) is 0 Å². The van der Waals surface area contributed by atoms with E-state index in [1.165, 1.54) is 10.4 Å². The van der Waals surface area contributed by atoms with Gasteiger partial charge in [-0.1, -0.05) is 43.1 Å². The van der Waals surface area contributed by atoms with Crippen molar-refractivity contribution in [3.05, 3.63) is 53.1 Å². The minimum atomic E-state index is -3.82. The zero-order chi connectivity index (χ0) is 20.9. The lowest BCUT2D eigenvalue weighted by Gasteiger charge is -2.24. The molecule has 158 valence electrons. The highest BCUT2D eigenvalue weighted by Crippen LogP contribution is 2.35. The van der Waals surface area contributed by atoms with Crippen LogP contribution in [0.3, 0.4) is 0 Å². The average molecular weight is 440 g/mol. The maximum Gasteiger partial charge on any atom is 0.247 e. The number of unbranched alkanes of at least 4 members (excludes halogenated alkanes) is 1. The van der Waals surface area contributed by atoms with Gasteiger partial charge in [-0.05, 0) is 30.7 Å². The van der Waals surface area contributed by atoms with E-state index in [0.717, 1.165) is 18.4 Å². The highest BCUT2D eigenvalue weighted by Gasteiger charge is 2.35. The van der Waals surface area contributed by atoms with Crippen molar-refractivity contribution in [2.45, 2.75) is 37.3 Å². The van der Waals surface area contributed by atoms with E-state index < -0.39 is 16.1 Å². The summed E-state index contributed by atoms with van der Waals surface area (Å²) in [6.07, 6.45) is 1.54. The fourth-order valence-corrected chi connectivity index (χ4v) is 5.02. The van der Waals surface area contributed by atoms with Crippen LogP contribution in [0.5, 0.6) is 11.5 Å². The largest absolute Gasteiger partial charge is 0.496 e. The summed E-state index contributed by atoms with van der Waals surface area (Å²) in [5.41, 5.74) is 0.773. The van der Waals surface area contributed by atoms with E-state index in [1.54, 1.807) is 19.2 Å². The second kappa shape index (κ2) is 9.80. The number of sulfonamides is 1. The third-order valence-electron chi connectivity index (χ3n) is 4.71. The lowest BCUT2D eigenvalue weighted by Crippen LogP contribution is -2.39. The number of rotatable bonds is 8. The van der Waals surface area contributed by atoms with Gasteiger partial charge >= 0.3 is 0 Å². The first-order chi connectivity index (χ1) is 14.0. The van der Waals surface area contributed by atoms with E-state index in [0.29, 0.717) is 29.7 Å². The quantitative estimate of drug-likeness (QED) is 0.579. The molecule has 8 heteroatoms. The van der Waals surface area contributed by atoms with Gasteiger partial charge in [-0.3, -0.25) is 0 Å². The topological polar surface area (TPSA) is 65.1 Å². The molecule has 0 amide bonds. The van der Waals surface area contributed by atoms with Crippen LogP contribution in [0.1, 0.15) is 25.3 Å². The normalized spacial score (nSPS) is 18.5. The molecule has 1 unspecified atom stereocenters. The summed E-state index contributed by atoms with van der Waals surface area (Å²) >= 11 is 6.08. The minimum absolute atomic E-state index is 0.0657. The Morgan fingerprint density at radius 3 is 2.79 bits per heavy atom. The highest BCUT2D eigenvalue weighted by atomic mass is 35.5. The highest BCUT2D eigenvalue weighted by molar-refractivity contribution is 7.89. The first-order valence-electron chi connectivity index (χ1n) is 9.61. The molecule has 0 bridgehead atoms. The maximum atomic E-state index is 13.4. The standard InChI is InChI=1S/C21H26ClNO5S/c1-3-4-11-27-15-18-14-23(13-16-7-5-6-8-19(16)26-2)29(24,25)21-12-17(22)9-10-20(21)28-18/h5-10,12,18H,3-4,11,13-15H2,1-2H3. The van der Waals surface area contributed by atoms with Crippen LogP contribution >= 0.6 is 11.6 Å². The molecular weight excluding hydrogens is 414 g/mol. The predicted octanol–water partition coefficient (Wildman–Crippen LogP) is 4.12. The summed E-state index contributed by atoms with van der Waals surface area (Å²) in [7, 11) is -2.25. The van der Waals surface area contributed by atoms with E-state index in [-0.39, 0.29) is 18.0 Å². The van der Waals surface area contributed by atoms with Crippen molar-refractivity contribution in [2.24, 2.45) is 0 Å². The van der Waals surface area contributed by atoms with Gasteiger partial charge < -0.3 is 14.2 Å². The van der Waals surface area contributed by atoms with Crippen LogP contribution < -0.4 is 9.47 Å². The summed E-state index contributed by atoms with van der Waals surface area (Å²) in [5, 5.41) is 0.339. The fourth-order valence-electron chi connectivity index (χ4n) is 3.18. The number of methoxy groups -OCH3 is 1. The van der Waals surface area contributed by atoms with Gasteiger partial charge in [0.15, 0.2) is 0 Å². The molecule has 0 radical (unpaired) electrons. The Hall–Kier alpha value is -1.80. The van der Waals surface area contributed by atoms with Crippen molar-refractivity contribution in [2.75, 3.05) is 26.9 Å². The van der Waals surface area contributed by atoms with E-state index >= 15 is 0 Å². The van der Waals surface area contributed by atoms with Crippen LogP contribution in [-0.2, 0) is 21.3 Å². The van der Waals surface area contributed by atoms with Crippen molar-refractivity contribution in [1.82, 2.24) is 4.31 Å². The maximum absolute atomic E-state index is 13.4. The number of hydrogen-bond acceptors (Lipinski definition) is 5. The molecule has 0 saturated carbocycles. The van der Waals surface area contributed by atoms with Crippen LogP contribution in [0.2, 0.25) is 5.02 Å². The minimum Gasteiger partial charge on any atom is -0.496 e. The van der Waals surface area contributed by atoms with Crippen LogP contribution in [0, 0.1) is 0 Å². The molecule has 2 aromatic carbocycles. The fraction of sp³-hybridized carbons (Fsp3) is 0.429. The number of benzene rings is 2. The Balaban J connectivity index is 1.93. The number of para-hydroxylation sites is 1. The summed E-state index contributed by atoms with van der Waals surface area (Å²) in [6.45, 7) is 3.34. The van der Waals surface area contributed by atoms with Crippen LogP contribution in [0.25, 0.3) is 0 Å². The van der Waals surface area contributed by atoms with Crippen LogP contribution in [-0.4, -0.2) is 45.7 Å². The Morgan fingerprint density at radius 2 is 2.03 bits per heavy atom. The molecule has 1 aliphatic rings. The molecule has 0 aromatic heterocycles. The predicted molar refractivity (Wildman–Crippen MR) is 112 cm³/mol. The molecule has 6 nitrogen and oxygen atoms in total. The molecule has 0 spiro atoms. The zero-order valence-corrected chi connectivity index (χ0v) is 18.2. The third-order valence-corrected chi connectivity index (χ3v) is 6.78. The molecule has 29 heavy (non-hydrogen) atoms. The van der Waals surface area contributed by atoms with E-state index in [2.05, 4.69) is 6.92 Å². The molecule has 0 aliphatic carbocycles. The van der Waals surface area contributed by atoms with Gasteiger partial charge in [0.2, 0.25) is 10.0 Å². The first kappa shape index (κ1) is 21.9. The summed E-state index contributed by atoms with van der Waals surface area (Å²) < 4.78 is 45.4. The van der Waals surface area contributed by atoms with E-state index in [9.17, 15) is 8.42 Å². The van der Waals surface area contributed by atoms with Crippen LogP contribution in [0.15, 0.2) is 47.4 Å². The van der Waals surface area contributed by atoms with Gasteiger partial charge in [0.05, 0.1) is 20.3 Å². The van der Waals surface area contributed by atoms with Crippen molar-refractivity contribution in [3.8, 4) is 11.5 Å². The molecule has 1 aliphatic heterocycles. The Labute approximate surface area is 177 Å². The second-order valence-corrected chi connectivity index (χ2v) is 9.21. The lowest BCUT2D eigenvalue weighted by molar-refractivity contribution is 0.0406. The van der Waals surface area contributed by atoms with E-state index in [1.807, 2.05) is 24.3 Å². The number of fused-ring (bicyclic) bond motifs is 1. The summed E-state index contributed by atoms with van der Waals surface area (Å²) in [6, 6.07) is 12.0. The van der Waals surface area contributed by atoms with Gasteiger partial charge in [0.25, 0.3) is 0 Å². The number of halogens is 1. The number of nitrogens with zero attached hydrogens (tertiary/aromatic N) is 1. The van der Waals surface area contributed by atoms with Gasteiger partial charge in [-0.25, -0.2) is 8.42 Å². The monoisotopic (exact) mass is 439 g/mol. The molecule has 0 saturated heterocycles. The molecule has 2 aromatic rings.